The summed E-state index contributed by atoms with van der Waals surface area (Å²) in [7, 11) is 0. The second kappa shape index (κ2) is 6.18. The average Bonchev–Trinajstić information content (AvgIpc) is 1.96. The molecule has 72 valence electrons. The van der Waals surface area contributed by atoms with Gasteiger partial charge in [0.1, 0.15) is 5.78 Å². The highest BCUT2D eigenvalue weighted by Gasteiger charge is 2.04. The topological polar surface area (TPSA) is 43.1 Å². The van der Waals surface area contributed by atoms with E-state index in [1.807, 2.05) is 6.92 Å². The Morgan fingerprint density at radius 2 is 1.67 bits per heavy atom. The third-order valence-electron chi connectivity index (χ3n) is 1.88. The molecule has 1 unspecified atom stereocenters. The Morgan fingerprint density at radius 1 is 1.17 bits per heavy atom. The minimum absolute atomic E-state index is 0.160. The van der Waals surface area contributed by atoms with Crippen LogP contribution in [-0.2, 0) is 4.79 Å². The molecule has 0 heterocycles. The van der Waals surface area contributed by atoms with E-state index in [1.54, 1.807) is 0 Å². The number of nitrogens with two attached hydrogens (primary N) is 1. The zero-order chi connectivity index (χ0) is 9.56. The summed E-state index contributed by atoms with van der Waals surface area (Å²) < 4.78 is 0. The first-order chi connectivity index (χ1) is 5.52. The number of rotatable bonds is 6. The van der Waals surface area contributed by atoms with Crippen molar-refractivity contribution in [1.29, 1.82) is 0 Å². The van der Waals surface area contributed by atoms with Crippen molar-refractivity contribution in [3.8, 4) is 0 Å². The van der Waals surface area contributed by atoms with Crippen LogP contribution in [0.3, 0.4) is 0 Å². The lowest BCUT2D eigenvalue weighted by molar-refractivity contribution is -0.119. The van der Waals surface area contributed by atoms with Crippen LogP contribution in [0.5, 0.6) is 0 Å². The molecule has 0 amide bonds. The van der Waals surface area contributed by atoms with Crippen molar-refractivity contribution >= 4 is 5.78 Å². The number of Topliss-reactive ketones (excluding diaryl/α,β-unsaturated/α-hetero) is 1. The van der Waals surface area contributed by atoms with E-state index >= 15 is 0 Å². The lowest BCUT2D eigenvalue weighted by atomic mass is 10.0. The SMILES string of the molecule is CC(C)CCC(=O)CCC(C)N. The van der Waals surface area contributed by atoms with Crippen LogP contribution < -0.4 is 5.73 Å². The molecule has 0 radical (unpaired) electrons. The Bertz CT molecular complexity index is 116. The standard InChI is InChI=1S/C10H21NO/c1-8(2)4-6-10(12)7-5-9(3)11/h8-9H,4-7,11H2,1-3H3. The summed E-state index contributed by atoms with van der Waals surface area (Å²) in [5, 5.41) is 0. The van der Waals surface area contributed by atoms with E-state index in [9.17, 15) is 4.79 Å². The van der Waals surface area contributed by atoms with Crippen LogP contribution in [0, 0.1) is 5.92 Å². The smallest absolute Gasteiger partial charge is 0.132 e. The summed E-state index contributed by atoms with van der Waals surface area (Å²) in [5.74, 6) is 0.991. The molecular formula is C10H21NO. The van der Waals surface area contributed by atoms with Crippen LogP contribution in [0.25, 0.3) is 0 Å². The minimum atomic E-state index is 0.160. The number of hydrogen-bond donors (Lipinski definition) is 1. The van der Waals surface area contributed by atoms with Crippen molar-refractivity contribution < 1.29 is 4.79 Å². The van der Waals surface area contributed by atoms with Gasteiger partial charge in [-0.25, -0.2) is 0 Å². The van der Waals surface area contributed by atoms with Crippen LogP contribution in [0.2, 0.25) is 0 Å². The summed E-state index contributed by atoms with van der Waals surface area (Å²) in [5.41, 5.74) is 5.54. The predicted molar refractivity (Wildman–Crippen MR) is 52.0 cm³/mol. The molecule has 0 aromatic heterocycles. The maximum absolute atomic E-state index is 11.2. The summed E-state index contributed by atoms with van der Waals surface area (Å²) in [6, 6.07) is 0.160. The van der Waals surface area contributed by atoms with Crippen LogP contribution in [0.15, 0.2) is 0 Å². The van der Waals surface area contributed by atoms with Gasteiger partial charge in [0.05, 0.1) is 0 Å². The highest BCUT2D eigenvalue weighted by molar-refractivity contribution is 5.78. The fraction of sp³-hybridized carbons (Fsp3) is 0.900. The van der Waals surface area contributed by atoms with E-state index in [-0.39, 0.29) is 6.04 Å². The molecule has 0 aliphatic carbocycles. The van der Waals surface area contributed by atoms with Gasteiger partial charge < -0.3 is 5.73 Å². The minimum Gasteiger partial charge on any atom is -0.328 e. The monoisotopic (exact) mass is 171 g/mol. The lowest BCUT2D eigenvalue weighted by Gasteiger charge is -2.05. The molecule has 12 heavy (non-hydrogen) atoms. The van der Waals surface area contributed by atoms with Crippen molar-refractivity contribution in [2.24, 2.45) is 11.7 Å². The van der Waals surface area contributed by atoms with Gasteiger partial charge >= 0.3 is 0 Å². The Hall–Kier alpha value is -0.370. The van der Waals surface area contributed by atoms with Gasteiger partial charge in [0, 0.05) is 18.9 Å². The van der Waals surface area contributed by atoms with E-state index in [4.69, 9.17) is 5.73 Å². The Balaban J connectivity index is 3.34. The fourth-order valence-corrected chi connectivity index (χ4v) is 0.963. The molecule has 0 aromatic carbocycles. The molecule has 0 aliphatic heterocycles. The maximum atomic E-state index is 11.2. The van der Waals surface area contributed by atoms with Crippen molar-refractivity contribution in [2.45, 2.75) is 52.5 Å². The summed E-state index contributed by atoms with van der Waals surface area (Å²) in [4.78, 5) is 11.2. The largest absolute Gasteiger partial charge is 0.328 e. The molecule has 1 atom stereocenters. The highest BCUT2D eigenvalue weighted by Crippen LogP contribution is 2.07. The van der Waals surface area contributed by atoms with Crippen LogP contribution in [0.1, 0.15) is 46.5 Å². The predicted octanol–water partition coefficient (Wildman–Crippen LogP) is 2.12. The highest BCUT2D eigenvalue weighted by atomic mass is 16.1. The molecule has 0 spiro atoms. The van der Waals surface area contributed by atoms with E-state index in [2.05, 4.69) is 13.8 Å². The van der Waals surface area contributed by atoms with E-state index in [0.717, 1.165) is 19.3 Å². The number of carbonyl (C=O) groups is 1. The Morgan fingerprint density at radius 3 is 2.08 bits per heavy atom. The summed E-state index contributed by atoms with van der Waals surface area (Å²) in [6.45, 7) is 6.22. The normalized spacial score (nSPS) is 13.4. The van der Waals surface area contributed by atoms with Crippen LogP contribution in [-0.4, -0.2) is 11.8 Å². The molecule has 2 N–H and O–H groups in total. The van der Waals surface area contributed by atoms with Gasteiger partial charge in [-0.05, 0) is 25.7 Å². The molecule has 0 aromatic rings. The lowest BCUT2D eigenvalue weighted by Crippen LogP contribution is -2.16. The van der Waals surface area contributed by atoms with Crippen LogP contribution >= 0.6 is 0 Å². The Labute approximate surface area is 75.5 Å². The van der Waals surface area contributed by atoms with Gasteiger partial charge in [0.25, 0.3) is 0 Å². The van der Waals surface area contributed by atoms with E-state index < -0.39 is 0 Å². The third-order valence-corrected chi connectivity index (χ3v) is 1.88. The van der Waals surface area contributed by atoms with Crippen LogP contribution in [0.4, 0.5) is 0 Å². The zero-order valence-electron chi connectivity index (χ0n) is 8.47. The van der Waals surface area contributed by atoms with Gasteiger partial charge in [0.2, 0.25) is 0 Å². The Kier molecular flexibility index (Phi) is 5.99. The second-order valence-corrected chi connectivity index (χ2v) is 3.99. The fourth-order valence-electron chi connectivity index (χ4n) is 0.963. The number of carbonyl (C=O) groups excluding carboxylic acids is 1. The van der Waals surface area contributed by atoms with Crippen molar-refractivity contribution in [3.63, 3.8) is 0 Å². The molecule has 0 aliphatic rings. The number of hydrogen-bond acceptors (Lipinski definition) is 2. The van der Waals surface area contributed by atoms with Gasteiger partial charge in [0.15, 0.2) is 0 Å². The molecule has 2 heteroatoms. The van der Waals surface area contributed by atoms with E-state index in [0.29, 0.717) is 18.1 Å². The third kappa shape index (κ3) is 7.73. The first-order valence-electron chi connectivity index (χ1n) is 4.79. The van der Waals surface area contributed by atoms with Crippen molar-refractivity contribution in [2.75, 3.05) is 0 Å². The quantitative estimate of drug-likeness (QED) is 0.665. The second-order valence-electron chi connectivity index (χ2n) is 3.99. The summed E-state index contributed by atoms with van der Waals surface area (Å²) in [6.07, 6.45) is 3.23. The molecule has 0 rings (SSSR count). The van der Waals surface area contributed by atoms with Gasteiger partial charge in [-0.2, -0.15) is 0 Å². The molecule has 0 saturated heterocycles. The van der Waals surface area contributed by atoms with Crippen molar-refractivity contribution in [1.82, 2.24) is 0 Å². The van der Waals surface area contributed by atoms with Gasteiger partial charge in [-0.1, -0.05) is 13.8 Å². The average molecular weight is 171 g/mol. The first-order valence-corrected chi connectivity index (χ1v) is 4.79. The maximum Gasteiger partial charge on any atom is 0.132 e. The molecule has 2 nitrogen and oxygen atoms in total. The zero-order valence-corrected chi connectivity index (χ0v) is 8.47. The van der Waals surface area contributed by atoms with Crippen molar-refractivity contribution in [3.05, 3.63) is 0 Å². The van der Waals surface area contributed by atoms with Gasteiger partial charge in [-0.15, -0.1) is 0 Å². The molecule has 0 fully saturated rings. The molecule has 0 saturated carbocycles. The number of ketones is 1. The van der Waals surface area contributed by atoms with E-state index in [1.165, 1.54) is 0 Å². The molecular weight excluding hydrogens is 150 g/mol. The molecule has 0 bridgehead atoms. The van der Waals surface area contributed by atoms with Gasteiger partial charge in [-0.3, -0.25) is 4.79 Å². The first kappa shape index (κ1) is 11.6. The summed E-state index contributed by atoms with van der Waals surface area (Å²) >= 11 is 0.